The van der Waals surface area contributed by atoms with E-state index in [1.807, 2.05) is 6.07 Å². The van der Waals surface area contributed by atoms with Crippen molar-refractivity contribution in [2.24, 2.45) is 11.3 Å². The lowest BCUT2D eigenvalue weighted by atomic mass is 9.85. The second-order valence-electron chi connectivity index (χ2n) is 16.3. The van der Waals surface area contributed by atoms with Crippen LogP contribution in [0, 0.1) is 17.2 Å². The van der Waals surface area contributed by atoms with E-state index in [0.717, 1.165) is 22.1 Å². The Morgan fingerprint density at radius 3 is 2.35 bits per heavy atom. The highest BCUT2D eigenvalue weighted by molar-refractivity contribution is 7.91. The van der Waals surface area contributed by atoms with Gasteiger partial charge in [-0.15, -0.1) is 0 Å². The molecule has 0 spiro atoms. The standard InChI is InChI=1S/C37H44ClF4N5O7S/c1-6-21-16-36(21,32(50)45-55(52,53)35(5)10-11-35)44-30(48)28-15-25(54-33(51)46-17-20-8-7-9-27(38)26(20)19-46)18-47(28)31(49)29(34(2,3)4)43-24-13-22(37(40,41)42)12-23(39)14-24/h7-9,12-14,21,25,28-29,43H,6,10-11,15-19H2,1-5H3,(H,44,48)(H,45,50). The number of carbonyl (C=O) groups excluding carboxylic acids is 4. The Kier molecular flexibility index (Phi) is 10.4. The summed E-state index contributed by atoms with van der Waals surface area (Å²) in [7, 11) is -4.06. The molecular weight excluding hydrogens is 770 g/mol. The van der Waals surface area contributed by atoms with Gasteiger partial charge in [0, 0.05) is 23.7 Å². The molecule has 5 atom stereocenters. The first-order valence-corrected chi connectivity index (χ1v) is 19.9. The van der Waals surface area contributed by atoms with E-state index in [2.05, 4.69) is 15.4 Å². The molecule has 3 fully saturated rings. The number of anilines is 1. The SMILES string of the molecule is CCC1CC1(NC(=O)C1CC(OC(=O)N2Cc3cccc(Cl)c3C2)CN1C(=O)C(Nc1cc(F)cc(C(F)(F)F)c1)C(C)(C)C)C(=O)NS(=O)(=O)C1(C)CC1. The molecular formula is C37H44ClF4N5O7S. The maximum absolute atomic E-state index is 14.5. The molecule has 2 heterocycles. The van der Waals surface area contributed by atoms with Crippen LogP contribution in [0.5, 0.6) is 0 Å². The summed E-state index contributed by atoms with van der Waals surface area (Å²) in [6, 6.07) is 4.40. The van der Waals surface area contributed by atoms with Gasteiger partial charge in [-0.05, 0) is 72.9 Å². The molecule has 4 amide bonds. The molecule has 5 unspecified atom stereocenters. The molecule has 0 aromatic heterocycles. The molecule has 2 aliphatic carbocycles. The maximum atomic E-state index is 14.5. The molecule has 300 valence electrons. The summed E-state index contributed by atoms with van der Waals surface area (Å²) >= 11 is 6.33. The highest BCUT2D eigenvalue weighted by atomic mass is 35.5. The van der Waals surface area contributed by atoms with Gasteiger partial charge in [-0.1, -0.05) is 57.8 Å². The lowest BCUT2D eigenvalue weighted by Crippen LogP contribution is -2.59. The van der Waals surface area contributed by atoms with Crippen LogP contribution in [0.4, 0.5) is 28.0 Å². The molecule has 12 nitrogen and oxygen atoms in total. The first kappa shape index (κ1) is 40.5. The minimum atomic E-state index is -4.88. The molecule has 2 aromatic rings. The first-order chi connectivity index (χ1) is 25.5. The van der Waals surface area contributed by atoms with E-state index < -0.39 is 91.2 Å². The van der Waals surface area contributed by atoms with Crippen molar-refractivity contribution in [1.82, 2.24) is 19.8 Å². The van der Waals surface area contributed by atoms with Crippen molar-refractivity contribution in [2.45, 2.75) is 114 Å². The summed E-state index contributed by atoms with van der Waals surface area (Å²) in [5.74, 6) is -4.08. The predicted molar refractivity (Wildman–Crippen MR) is 193 cm³/mol. The molecule has 0 radical (unpaired) electrons. The van der Waals surface area contributed by atoms with Gasteiger partial charge >= 0.3 is 12.3 Å². The third-order valence-electron chi connectivity index (χ3n) is 11.1. The van der Waals surface area contributed by atoms with E-state index >= 15 is 0 Å². The van der Waals surface area contributed by atoms with E-state index in [9.17, 15) is 45.2 Å². The lowest BCUT2D eigenvalue weighted by Gasteiger charge is -2.36. The van der Waals surface area contributed by atoms with Crippen molar-refractivity contribution in [3.8, 4) is 0 Å². The number of hydrogen-bond acceptors (Lipinski definition) is 8. The van der Waals surface area contributed by atoms with Gasteiger partial charge in [-0.3, -0.25) is 24.0 Å². The highest BCUT2D eigenvalue weighted by Gasteiger charge is 2.63. The summed E-state index contributed by atoms with van der Waals surface area (Å²) in [5.41, 5.74) is -2.65. The Morgan fingerprint density at radius 2 is 1.76 bits per heavy atom. The normalized spacial score (nSPS) is 24.8. The molecule has 1 saturated heterocycles. The number of alkyl halides is 3. The highest BCUT2D eigenvalue weighted by Crippen LogP contribution is 2.48. The second kappa shape index (κ2) is 14.1. The smallest absolute Gasteiger partial charge is 0.416 e. The minimum Gasteiger partial charge on any atom is -0.444 e. The van der Waals surface area contributed by atoms with E-state index in [4.69, 9.17) is 16.3 Å². The number of hydrogen-bond donors (Lipinski definition) is 3. The number of halogens is 5. The van der Waals surface area contributed by atoms with Crippen molar-refractivity contribution in [1.29, 1.82) is 0 Å². The Morgan fingerprint density at radius 1 is 1.07 bits per heavy atom. The number of benzene rings is 2. The van der Waals surface area contributed by atoms with E-state index in [-0.39, 0.29) is 38.2 Å². The topological polar surface area (TPSA) is 154 Å². The minimum absolute atomic E-state index is 0.137. The van der Waals surface area contributed by atoms with Crippen LogP contribution in [0.2, 0.25) is 5.02 Å². The van der Waals surface area contributed by atoms with Crippen LogP contribution < -0.4 is 15.4 Å². The molecule has 18 heteroatoms. The fraction of sp³-hybridized carbons (Fsp3) is 0.568. The Labute approximate surface area is 321 Å². The fourth-order valence-corrected chi connectivity index (χ4v) is 8.88. The van der Waals surface area contributed by atoms with Crippen LogP contribution >= 0.6 is 11.6 Å². The van der Waals surface area contributed by atoms with Crippen LogP contribution in [0.25, 0.3) is 0 Å². The number of fused-ring (bicyclic) bond motifs is 1. The zero-order chi connectivity index (χ0) is 40.5. The molecule has 2 aliphatic heterocycles. The van der Waals surface area contributed by atoms with Gasteiger partial charge in [-0.25, -0.2) is 17.6 Å². The summed E-state index contributed by atoms with van der Waals surface area (Å²) in [4.78, 5) is 58.4. The van der Waals surface area contributed by atoms with Crippen molar-refractivity contribution in [3.05, 3.63) is 63.9 Å². The predicted octanol–water partition coefficient (Wildman–Crippen LogP) is 5.73. The number of nitrogens with zero attached hydrogens (tertiary/aromatic N) is 2. The van der Waals surface area contributed by atoms with Crippen molar-refractivity contribution >= 4 is 51.1 Å². The fourth-order valence-electron chi connectivity index (χ4n) is 7.31. The molecule has 55 heavy (non-hydrogen) atoms. The van der Waals surface area contributed by atoms with Gasteiger partial charge < -0.3 is 20.3 Å². The quantitative estimate of drug-likeness (QED) is 0.257. The molecule has 3 N–H and O–H groups in total. The number of sulfonamides is 1. The van der Waals surface area contributed by atoms with Crippen molar-refractivity contribution in [3.63, 3.8) is 0 Å². The van der Waals surface area contributed by atoms with Crippen LogP contribution in [-0.4, -0.2) is 77.1 Å². The van der Waals surface area contributed by atoms with Crippen molar-refractivity contribution < 1.29 is 49.9 Å². The zero-order valence-electron chi connectivity index (χ0n) is 31.0. The van der Waals surface area contributed by atoms with Gasteiger partial charge in [-0.2, -0.15) is 13.2 Å². The number of likely N-dealkylation sites (tertiary alicyclic amines) is 1. The maximum Gasteiger partial charge on any atom is 0.416 e. The zero-order valence-corrected chi connectivity index (χ0v) is 32.6. The Balaban J connectivity index is 1.27. The van der Waals surface area contributed by atoms with Gasteiger partial charge in [0.25, 0.3) is 5.91 Å². The van der Waals surface area contributed by atoms with Crippen LogP contribution in [-0.2, 0) is 48.4 Å². The first-order valence-electron chi connectivity index (χ1n) is 18.0. The number of amides is 4. The van der Waals surface area contributed by atoms with E-state index in [1.165, 1.54) is 11.8 Å². The molecule has 0 bridgehead atoms. The van der Waals surface area contributed by atoms with Gasteiger partial charge in [0.2, 0.25) is 21.8 Å². The summed E-state index contributed by atoms with van der Waals surface area (Å²) in [6.45, 7) is 8.24. The van der Waals surface area contributed by atoms with Crippen LogP contribution in [0.3, 0.4) is 0 Å². The van der Waals surface area contributed by atoms with Crippen molar-refractivity contribution in [2.75, 3.05) is 11.9 Å². The molecule has 2 saturated carbocycles. The van der Waals surface area contributed by atoms with Gasteiger partial charge in [0.1, 0.15) is 29.5 Å². The third kappa shape index (κ3) is 8.09. The van der Waals surface area contributed by atoms with Crippen LogP contribution in [0.15, 0.2) is 36.4 Å². The van der Waals surface area contributed by atoms with E-state index in [1.54, 1.807) is 39.8 Å². The van der Waals surface area contributed by atoms with Crippen LogP contribution in [0.1, 0.15) is 83.4 Å². The monoisotopic (exact) mass is 813 g/mol. The lowest BCUT2D eigenvalue weighted by molar-refractivity contribution is -0.141. The Hall–Kier alpha value is -4.12. The summed E-state index contributed by atoms with van der Waals surface area (Å²) in [6.07, 6.45) is -5.57. The number of carbonyl (C=O) groups is 4. The number of nitrogens with one attached hydrogen (secondary N) is 3. The summed E-state index contributed by atoms with van der Waals surface area (Å²) in [5, 5.41) is 5.95. The Bertz CT molecular complexity index is 2020. The second-order valence-corrected chi connectivity index (χ2v) is 18.9. The molecule has 2 aromatic carbocycles. The third-order valence-corrected chi connectivity index (χ3v) is 13.6. The van der Waals surface area contributed by atoms with Gasteiger partial charge in [0.05, 0.1) is 23.4 Å². The average molecular weight is 814 g/mol. The largest absolute Gasteiger partial charge is 0.444 e. The van der Waals surface area contributed by atoms with Gasteiger partial charge in [0.15, 0.2) is 0 Å². The average Bonchev–Trinajstić information content (AvgIpc) is 3.89. The molecule has 4 aliphatic rings. The summed E-state index contributed by atoms with van der Waals surface area (Å²) < 4.78 is 88.1. The van der Waals surface area contributed by atoms with E-state index in [0.29, 0.717) is 36.4 Å². The molecule has 6 rings (SSSR count). The number of ether oxygens (including phenoxy) is 1. The number of rotatable bonds is 10.